The number of benzene rings is 2. The minimum absolute atomic E-state index is 0.0634. The van der Waals surface area contributed by atoms with Crippen LogP contribution in [-0.4, -0.2) is 31.4 Å². The van der Waals surface area contributed by atoms with Crippen LogP contribution >= 0.6 is 15.2 Å². The molecule has 2 aromatic carbocycles. The second kappa shape index (κ2) is 11.0. The van der Waals surface area contributed by atoms with E-state index in [-0.39, 0.29) is 23.5 Å². The maximum absolute atomic E-state index is 13.1. The van der Waals surface area contributed by atoms with E-state index in [1.807, 2.05) is 0 Å². The van der Waals surface area contributed by atoms with Gasteiger partial charge < -0.3 is 30.2 Å². The van der Waals surface area contributed by atoms with E-state index >= 15 is 0 Å². The van der Waals surface area contributed by atoms with E-state index in [9.17, 15) is 38.3 Å². The molecular weight excluding hydrogens is 542 g/mol. The molecule has 2 aliphatic rings. The van der Waals surface area contributed by atoms with E-state index in [4.69, 9.17) is 0 Å². The van der Waals surface area contributed by atoms with Crippen molar-refractivity contribution in [3.8, 4) is 0 Å². The summed E-state index contributed by atoms with van der Waals surface area (Å²) in [5.41, 5.74) is -0.912. The molecule has 0 bridgehead atoms. The number of amides is 2. The average Bonchev–Trinajstić information content (AvgIpc) is 2.89. The molecule has 204 valence electrons. The van der Waals surface area contributed by atoms with E-state index in [2.05, 4.69) is 10.6 Å². The van der Waals surface area contributed by atoms with Crippen LogP contribution in [0, 0.1) is 0 Å². The first-order valence-corrected chi connectivity index (χ1v) is 15.2. The summed E-state index contributed by atoms with van der Waals surface area (Å²) in [6.07, 6.45) is 7.88. The van der Waals surface area contributed by atoms with Gasteiger partial charge in [0.15, 0.2) is 0 Å². The molecule has 2 atom stereocenters. The van der Waals surface area contributed by atoms with Crippen LogP contribution in [0.4, 0.5) is 0 Å². The van der Waals surface area contributed by atoms with Crippen molar-refractivity contribution in [2.24, 2.45) is 0 Å². The molecular formula is C27H28N2O8P2. The molecule has 0 aromatic heterocycles. The summed E-state index contributed by atoms with van der Waals surface area (Å²) in [5.74, 6) is -1.24. The van der Waals surface area contributed by atoms with Crippen molar-refractivity contribution in [2.45, 2.75) is 30.3 Å². The smallest absolute Gasteiger partial charge is 0.342 e. The van der Waals surface area contributed by atoms with Crippen molar-refractivity contribution in [3.63, 3.8) is 0 Å². The predicted octanol–water partition coefficient (Wildman–Crippen LogP) is 3.44. The molecule has 2 aliphatic carbocycles. The highest BCUT2D eigenvalue weighted by molar-refractivity contribution is 7.57. The van der Waals surface area contributed by atoms with Crippen LogP contribution in [0.25, 0.3) is 0 Å². The van der Waals surface area contributed by atoms with Gasteiger partial charge in [0.1, 0.15) is 6.42 Å². The Morgan fingerprint density at radius 1 is 0.667 bits per heavy atom. The van der Waals surface area contributed by atoms with Gasteiger partial charge in [-0.05, 0) is 36.1 Å². The normalized spacial score (nSPS) is 23.0. The Labute approximate surface area is 225 Å². The zero-order valence-electron chi connectivity index (χ0n) is 20.7. The van der Waals surface area contributed by atoms with Crippen LogP contribution in [0.2, 0.25) is 0 Å². The van der Waals surface area contributed by atoms with E-state index in [0.29, 0.717) is 11.1 Å². The maximum Gasteiger partial charge on any atom is 0.355 e. The summed E-state index contributed by atoms with van der Waals surface area (Å²) in [7, 11) is -8.96. The fourth-order valence-electron chi connectivity index (χ4n) is 4.65. The molecule has 0 aliphatic heterocycles. The molecule has 10 nitrogen and oxygen atoms in total. The van der Waals surface area contributed by atoms with Gasteiger partial charge in [-0.2, -0.15) is 0 Å². The molecule has 0 heterocycles. The number of hydrogen-bond donors (Lipinski definition) is 6. The molecule has 0 radical (unpaired) electrons. The van der Waals surface area contributed by atoms with Gasteiger partial charge >= 0.3 is 15.2 Å². The van der Waals surface area contributed by atoms with Crippen LogP contribution in [0.5, 0.6) is 0 Å². The number of carbonyl (C=O) groups excluding carboxylic acids is 2. The molecule has 0 fully saturated rings. The van der Waals surface area contributed by atoms with E-state index < -0.39 is 44.5 Å². The second-order valence-corrected chi connectivity index (χ2v) is 12.6. The number of nitrogens with one attached hydrogen (secondary N) is 2. The number of carbonyl (C=O) groups is 2. The first-order valence-electron chi connectivity index (χ1n) is 12.0. The molecule has 0 saturated heterocycles. The van der Waals surface area contributed by atoms with Gasteiger partial charge in [-0.15, -0.1) is 0 Å². The molecule has 12 heteroatoms. The SMILES string of the molecule is O=C(CC(=O)NC1(c2ccccc2)C=CC(P(=O)(O)O)=CC1)NC1(c2ccccc2)C=CC(P(=O)(O)O)=CC1. The molecule has 2 amide bonds. The highest BCUT2D eigenvalue weighted by Crippen LogP contribution is 2.50. The minimum atomic E-state index is -4.48. The summed E-state index contributed by atoms with van der Waals surface area (Å²) in [4.78, 5) is 64.3. The Kier molecular flexibility index (Phi) is 8.09. The zero-order chi connectivity index (χ0) is 28.3. The van der Waals surface area contributed by atoms with Crippen molar-refractivity contribution in [2.75, 3.05) is 0 Å². The number of rotatable bonds is 8. The Morgan fingerprint density at radius 2 is 1.03 bits per heavy atom. The molecule has 39 heavy (non-hydrogen) atoms. The lowest BCUT2D eigenvalue weighted by molar-refractivity contribution is -0.131. The summed E-state index contributed by atoms with van der Waals surface area (Å²) >= 11 is 0. The van der Waals surface area contributed by atoms with Gasteiger partial charge in [0, 0.05) is 0 Å². The van der Waals surface area contributed by atoms with Crippen molar-refractivity contribution < 1.29 is 38.3 Å². The topological polar surface area (TPSA) is 173 Å². The van der Waals surface area contributed by atoms with Crippen molar-refractivity contribution in [1.29, 1.82) is 0 Å². The lowest BCUT2D eigenvalue weighted by Crippen LogP contribution is -2.49. The summed E-state index contributed by atoms with van der Waals surface area (Å²) in [6, 6.07) is 17.7. The molecule has 0 spiro atoms. The lowest BCUT2D eigenvalue weighted by Gasteiger charge is -2.35. The van der Waals surface area contributed by atoms with Gasteiger partial charge in [-0.3, -0.25) is 18.7 Å². The van der Waals surface area contributed by atoms with Crippen LogP contribution in [-0.2, 0) is 29.8 Å². The molecule has 2 aromatic rings. The number of allylic oxidation sites excluding steroid dienone is 4. The number of hydrogen-bond acceptors (Lipinski definition) is 4. The van der Waals surface area contributed by atoms with Gasteiger partial charge in [-0.25, -0.2) is 0 Å². The monoisotopic (exact) mass is 570 g/mol. The largest absolute Gasteiger partial charge is 0.355 e. The van der Waals surface area contributed by atoms with Crippen LogP contribution in [0.3, 0.4) is 0 Å². The van der Waals surface area contributed by atoms with Crippen molar-refractivity contribution in [1.82, 2.24) is 10.6 Å². The third-order valence-corrected chi connectivity index (χ3v) is 8.65. The second-order valence-electron chi connectivity index (χ2n) is 9.37. The first-order chi connectivity index (χ1) is 18.3. The van der Waals surface area contributed by atoms with E-state index in [1.54, 1.807) is 60.7 Å². The Morgan fingerprint density at radius 3 is 1.31 bits per heavy atom. The highest BCUT2D eigenvalue weighted by Gasteiger charge is 2.37. The van der Waals surface area contributed by atoms with Gasteiger partial charge in [0.2, 0.25) is 11.8 Å². The third kappa shape index (κ3) is 6.62. The molecule has 6 N–H and O–H groups in total. The maximum atomic E-state index is 13.1. The molecule has 2 unspecified atom stereocenters. The Balaban J connectivity index is 1.54. The fraction of sp³-hybridized carbons (Fsp3) is 0.185. The third-order valence-electron chi connectivity index (χ3n) is 6.64. The van der Waals surface area contributed by atoms with E-state index in [1.165, 1.54) is 36.5 Å². The van der Waals surface area contributed by atoms with Gasteiger partial charge in [0.05, 0.1) is 21.7 Å². The predicted molar refractivity (Wildman–Crippen MR) is 145 cm³/mol. The van der Waals surface area contributed by atoms with Crippen molar-refractivity contribution in [3.05, 3.63) is 119 Å². The first kappa shape index (κ1) is 28.6. The lowest BCUT2D eigenvalue weighted by atomic mass is 9.83. The fourth-order valence-corrected chi connectivity index (χ4v) is 5.85. The van der Waals surface area contributed by atoms with Crippen LogP contribution in [0.15, 0.2) is 108 Å². The average molecular weight is 570 g/mol. The molecule has 4 rings (SSSR count). The Hall–Kier alpha value is -3.36. The zero-order valence-corrected chi connectivity index (χ0v) is 22.5. The van der Waals surface area contributed by atoms with E-state index in [0.717, 1.165) is 0 Å². The van der Waals surface area contributed by atoms with Gasteiger partial charge in [0.25, 0.3) is 0 Å². The minimum Gasteiger partial charge on any atom is -0.342 e. The quantitative estimate of drug-likeness (QED) is 0.207. The standard InChI is InChI=1S/C27H28N2O8P2/c30-24(28-26(20-7-3-1-4-8-20)15-11-22(12-16-26)38(32,33)34)19-25(31)29-27(21-9-5-2-6-10-21)17-13-23(14-18-27)39(35,36)37/h1-15,17H,16,18-19H2,(H,28,30)(H,29,31)(H2,32,33,34)(H2,35,36,37). The summed E-state index contributed by atoms with van der Waals surface area (Å²) in [5, 5.41) is 5.39. The molecule has 0 saturated carbocycles. The summed E-state index contributed by atoms with van der Waals surface area (Å²) in [6.45, 7) is 0. The highest BCUT2D eigenvalue weighted by atomic mass is 31.2. The van der Waals surface area contributed by atoms with Gasteiger partial charge in [-0.1, -0.05) is 85.0 Å². The van der Waals surface area contributed by atoms with Crippen LogP contribution < -0.4 is 10.6 Å². The summed E-state index contributed by atoms with van der Waals surface area (Å²) < 4.78 is 23.4. The van der Waals surface area contributed by atoms with Crippen molar-refractivity contribution >= 4 is 27.0 Å². The van der Waals surface area contributed by atoms with Crippen LogP contribution in [0.1, 0.15) is 30.4 Å². The Bertz CT molecular complexity index is 1360.